The highest BCUT2D eigenvalue weighted by atomic mass is 35.5. The first-order valence-corrected chi connectivity index (χ1v) is 12.7. The number of phenols is 1. The zero-order chi connectivity index (χ0) is 25.1. The number of phenolic OH excluding ortho intramolecular Hbond substituents is 1. The molecule has 0 saturated heterocycles. The molecule has 1 spiro atoms. The van der Waals surface area contributed by atoms with E-state index in [9.17, 15) is 9.90 Å². The van der Waals surface area contributed by atoms with E-state index in [0.29, 0.717) is 22.7 Å². The molecule has 37 heavy (non-hydrogen) atoms. The average Bonchev–Trinajstić information content (AvgIpc) is 3.40. The lowest BCUT2D eigenvalue weighted by Gasteiger charge is -2.27. The molecule has 1 heterocycles. The lowest BCUT2D eigenvalue weighted by atomic mass is 9.72. The van der Waals surface area contributed by atoms with Crippen molar-refractivity contribution in [1.29, 1.82) is 0 Å². The summed E-state index contributed by atoms with van der Waals surface area (Å²) in [6.07, 6.45) is 0.538. The minimum Gasteiger partial charge on any atom is -0.507 e. The van der Waals surface area contributed by atoms with Crippen LogP contribution in [-0.4, -0.2) is 11.0 Å². The first-order chi connectivity index (χ1) is 18.1. The number of hydrogen-bond acceptors (Lipinski definition) is 2. The van der Waals surface area contributed by atoms with Gasteiger partial charge in [-0.15, -0.1) is 0 Å². The first-order valence-electron chi connectivity index (χ1n) is 12.3. The van der Waals surface area contributed by atoms with Gasteiger partial charge in [0.2, 0.25) is 5.91 Å². The summed E-state index contributed by atoms with van der Waals surface area (Å²) in [4.78, 5) is 14.1. The highest BCUT2D eigenvalue weighted by molar-refractivity contribution is 6.31. The second-order valence-corrected chi connectivity index (χ2v) is 10.1. The minimum absolute atomic E-state index is 0.151. The fraction of sp³-hybridized carbons (Fsp3) is 0.0606. The Hall–Kier alpha value is -4.34. The number of nitrogens with one attached hydrogen (secondary N) is 1. The second-order valence-electron chi connectivity index (χ2n) is 9.65. The number of amides is 1. The molecule has 5 aromatic rings. The predicted octanol–water partition coefficient (Wildman–Crippen LogP) is 7.57. The molecule has 1 amide bonds. The van der Waals surface area contributed by atoms with Crippen LogP contribution < -0.4 is 5.32 Å². The molecule has 0 fully saturated rings. The zero-order valence-electron chi connectivity index (χ0n) is 19.8. The molecule has 7 rings (SSSR count). The highest BCUT2D eigenvalue weighted by Gasteiger charge is 2.57. The number of anilines is 1. The zero-order valence-corrected chi connectivity index (χ0v) is 20.6. The molecule has 0 saturated carbocycles. The van der Waals surface area contributed by atoms with Gasteiger partial charge in [0.25, 0.3) is 0 Å². The van der Waals surface area contributed by atoms with Crippen LogP contribution in [0.25, 0.3) is 22.3 Å². The van der Waals surface area contributed by atoms with Crippen LogP contribution >= 0.6 is 11.6 Å². The maximum absolute atomic E-state index is 14.1. The van der Waals surface area contributed by atoms with E-state index < -0.39 is 5.41 Å². The van der Waals surface area contributed by atoms with Crippen LogP contribution in [0.3, 0.4) is 0 Å². The number of benzene rings is 5. The lowest BCUT2D eigenvalue weighted by molar-refractivity contribution is -0.118. The molecular formula is C33H22ClNO2. The van der Waals surface area contributed by atoms with E-state index in [1.54, 1.807) is 6.07 Å². The molecule has 2 aliphatic rings. The summed E-state index contributed by atoms with van der Waals surface area (Å²) in [5.74, 6) is -0.0279. The van der Waals surface area contributed by atoms with Gasteiger partial charge in [0.15, 0.2) is 0 Å². The van der Waals surface area contributed by atoms with Crippen molar-refractivity contribution in [2.75, 3.05) is 5.32 Å². The number of aromatic hydroxyl groups is 1. The molecule has 3 nitrogen and oxygen atoms in total. The van der Waals surface area contributed by atoms with Crippen LogP contribution in [-0.2, 0) is 16.6 Å². The Bertz CT molecular complexity index is 1710. The van der Waals surface area contributed by atoms with Crippen LogP contribution in [0.4, 0.5) is 5.69 Å². The topological polar surface area (TPSA) is 49.3 Å². The molecule has 0 aromatic heterocycles. The standard InChI is InChI=1S/C33H22ClNO2/c34-23-15-16-28-27(19-23)33(32(37)35-28)26-14-8-7-13-24(26)29-25(21-11-5-2-6-12-21)18-22(31(36)30(29)33)17-20-9-3-1-4-10-20/h1-16,18-19,36H,17H2,(H,35,37). The predicted molar refractivity (Wildman–Crippen MR) is 148 cm³/mol. The largest absolute Gasteiger partial charge is 0.507 e. The number of carbonyl (C=O) groups is 1. The van der Waals surface area contributed by atoms with E-state index in [-0.39, 0.29) is 11.7 Å². The van der Waals surface area contributed by atoms with Crippen molar-refractivity contribution in [2.45, 2.75) is 11.8 Å². The molecule has 0 bridgehead atoms. The van der Waals surface area contributed by atoms with Gasteiger partial charge in [0.05, 0.1) is 0 Å². The quantitative estimate of drug-likeness (QED) is 0.269. The van der Waals surface area contributed by atoms with Gasteiger partial charge in [-0.2, -0.15) is 0 Å². The van der Waals surface area contributed by atoms with E-state index in [4.69, 9.17) is 11.6 Å². The molecule has 0 radical (unpaired) electrons. The first kappa shape index (κ1) is 21.9. The fourth-order valence-corrected chi connectivity index (χ4v) is 6.29. The van der Waals surface area contributed by atoms with Crippen LogP contribution in [0.2, 0.25) is 5.02 Å². The Balaban J connectivity index is 1.62. The lowest BCUT2D eigenvalue weighted by Crippen LogP contribution is -2.35. The third kappa shape index (κ3) is 3.04. The van der Waals surface area contributed by atoms with Crippen LogP contribution in [0, 0.1) is 0 Å². The summed E-state index contributed by atoms with van der Waals surface area (Å²) in [5, 5.41) is 15.7. The van der Waals surface area contributed by atoms with Gasteiger partial charge in [-0.05, 0) is 63.2 Å². The Kier molecular flexibility index (Phi) is 4.79. The third-order valence-electron chi connectivity index (χ3n) is 7.65. The van der Waals surface area contributed by atoms with Crippen LogP contribution in [0.5, 0.6) is 5.75 Å². The van der Waals surface area contributed by atoms with Gasteiger partial charge in [-0.1, -0.05) is 96.5 Å². The van der Waals surface area contributed by atoms with Gasteiger partial charge in [-0.25, -0.2) is 0 Å². The average molecular weight is 500 g/mol. The van der Waals surface area contributed by atoms with E-state index in [1.165, 1.54) is 0 Å². The van der Waals surface area contributed by atoms with Gasteiger partial charge >= 0.3 is 0 Å². The van der Waals surface area contributed by atoms with E-state index in [0.717, 1.165) is 44.5 Å². The van der Waals surface area contributed by atoms with Crippen molar-refractivity contribution >= 4 is 23.2 Å². The fourth-order valence-electron chi connectivity index (χ4n) is 6.12. The minimum atomic E-state index is -1.20. The molecule has 1 atom stereocenters. The molecule has 1 unspecified atom stereocenters. The number of carbonyl (C=O) groups excluding carboxylic acids is 1. The summed E-state index contributed by atoms with van der Waals surface area (Å²) in [6.45, 7) is 0. The van der Waals surface area contributed by atoms with Gasteiger partial charge < -0.3 is 10.4 Å². The summed E-state index contributed by atoms with van der Waals surface area (Å²) in [6, 6.07) is 35.8. The molecule has 4 heteroatoms. The Morgan fingerprint density at radius 1 is 0.757 bits per heavy atom. The summed E-state index contributed by atoms with van der Waals surface area (Å²) >= 11 is 6.49. The third-order valence-corrected chi connectivity index (χ3v) is 7.89. The van der Waals surface area contributed by atoms with Gasteiger partial charge in [0, 0.05) is 28.3 Å². The Labute approximate surface area is 220 Å². The Morgan fingerprint density at radius 2 is 1.46 bits per heavy atom. The van der Waals surface area contributed by atoms with Crippen molar-refractivity contribution < 1.29 is 9.90 Å². The molecule has 178 valence electrons. The highest BCUT2D eigenvalue weighted by Crippen LogP contribution is 2.62. The monoisotopic (exact) mass is 499 g/mol. The van der Waals surface area contributed by atoms with Crippen molar-refractivity contribution in [3.8, 4) is 28.0 Å². The smallest absolute Gasteiger partial charge is 0.244 e. The molecular weight excluding hydrogens is 478 g/mol. The van der Waals surface area contributed by atoms with Gasteiger partial charge in [0.1, 0.15) is 11.2 Å². The normalized spacial score (nSPS) is 16.8. The van der Waals surface area contributed by atoms with Crippen molar-refractivity contribution in [3.63, 3.8) is 0 Å². The van der Waals surface area contributed by atoms with Gasteiger partial charge in [-0.3, -0.25) is 4.79 Å². The number of hydrogen-bond donors (Lipinski definition) is 2. The van der Waals surface area contributed by atoms with Crippen molar-refractivity contribution in [3.05, 3.63) is 142 Å². The number of halogens is 1. The van der Waals surface area contributed by atoms with E-state index in [1.807, 2.05) is 72.8 Å². The Morgan fingerprint density at radius 3 is 2.24 bits per heavy atom. The van der Waals surface area contributed by atoms with E-state index >= 15 is 0 Å². The van der Waals surface area contributed by atoms with Crippen LogP contribution in [0.15, 0.2) is 109 Å². The molecule has 5 aromatic carbocycles. The summed E-state index contributed by atoms with van der Waals surface area (Å²) in [7, 11) is 0. The van der Waals surface area contributed by atoms with E-state index in [2.05, 4.69) is 35.6 Å². The van der Waals surface area contributed by atoms with Crippen LogP contribution in [0.1, 0.15) is 27.8 Å². The second kappa shape index (κ2) is 8.09. The van der Waals surface area contributed by atoms with Crippen molar-refractivity contribution in [1.82, 2.24) is 0 Å². The SMILES string of the molecule is O=C1Nc2ccc(Cl)cc2C12c1ccccc1-c1c(-c3ccccc3)cc(Cc3ccccc3)c(O)c12. The molecule has 1 aliphatic carbocycles. The maximum Gasteiger partial charge on any atom is 0.244 e. The molecule has 2 N–H and O–H groups in total. The number of fused-ring (bicyclic) bond motifs is 7. The maximum atomic E-state index is 14.1. The van der Waals surface area contributed by atoms with Crippen molar-refractivity contribution in [2.24, 2.45) is 0 Å². The molecule has 1 aliphatic heterocycles. The number of rotatable bonds is 3. The summed E-state index contributed by atoms with van der Waals surface area (Å²) < 4.78 is 0. The summed E-state index contributed by atoms with van der Waals surface area (Å²) in [5.41, 5.74) is 7.48.